The van der Waals surface area contributed by atoms with E-state index in [1.54, 1.807) is 0 Å². The predicted octanol–water partition coefficient (Wildman–Crippen LogP) is 1.24. The van der Waals surface area contributed by atoms with Crippen molar-refractivity contribution < 1.29 is 30.9 Å². The molecule has 0 unspecified atom stereocenters. The summed E-state index contributed by atoms with van der Waals surface area (Å²) in [4.78, 5) is 0. The number of aliphatic hydroxyl groups is 1. The summed E-state index contributed by atoms with van der Waals surface area (Å²) in [5.41, 5.74) is 0. The minimum absolute atomic E-state index is 0. The summed E-state index contributed by atoms with van der Waals surface area (Å²) in [6.07, 6.45) is 4.75. The van der Waals surface area contributed by atoms with Crippen LogP contribution >= 0.6 is 0 Å². The van der Waals surface area contributed by atoms with Crippen molar-refractivity contribution in [2.75, 3.05) is 20.3 Å². The Kier molecular flexibility index (Phi) is 13.6. The van der Waals surface area contributed by atoms with Crippen molar-refractivity contribution in [2.24, 2.45) is 5.92 Å². The van der Waals surface area contributed by atoms with Gasteiger partial charge in [0.05, 0.1) is 0 Å². The molecule has 0 aromatic carbocycles. The van der Waals surface area contributed by atoms with E-state index in [-0.39, 0.29) is 21.1 Å². The fourth-order valence-corrected chi connectivity index (χ4v) is 1.05. The Balaban J connectivity index is 0. The first-order valence-electron chi connectivity index (χ1n) is 3.75. The first kappa shape index (κ1) is 14.2. The fraction of sp³-hybridized carbons (Fsp3) is 0.875. The van der Waals surface area contributed by atoms with E-state index in [0.29, 0.717) is 0 Å². The van der Waals surface area contributed by atoms with Gasteiger partial charge in [-0.3, -0.25) is 0 Å². The van der Waals surface area contributed by atoms with Crippen LogP contribution in [0, 0.1) is 12.3 Å². The van der Waals surface area contributed by atoms with Crippen molar-refractivity contribution in [3.05, 3.63) is 6.42 Å². The van der Waals surface area contributed by atoms with Gasteiger partial charge in [0, 0.05) is 41.4 Å². The van der Waals surface area contributed by atoms with Gasteiger partial charge in [-0.15, -0.1) is 0 Å². The molecule has 0 saturated carbocycles. The molecule has 1 rings (SSSR count). The van der Waals surface area contributed by atoms with Crippen LogP contribution in [-0.4, -0.2) is 25.4 Å². The van der Waals surface area contributed by atoms with E-state index in [1.165, 1.54) is 12.8 Å². The Labute approximate surface area is 83.6 Å². The van der Waals surface area contributed by atoms with Crippen LogP contribution in [0.5, 0.6) is 0 Å². The molecule has 2 nitrogen and oxygen atoms in total. The molecule has 0 spiro atoms. The molecule has 0 radical (unpaired) electrons. The molecule has 0 aromatic heterocycles. The Morgan fingerprint density at radius 1 is 1.27 bits per heavy atom. The van der Waals surface area contributed by atoms with Gasteiger partial charge >= 0.3 is 0 Å². The maximum absolute atomic E-state index is 7.00. The summed E-state index contributed by atoms with van der Waals surface area (Å²) in [5, 5.41) is 7.00. The zero-order valence-electron chi connectivity index (χ0n) is 7.25. The standard InChI is InChI=1S/C7H13O.CH4O.W/c1-2-7-3-5-8-6-4-7;1-2;/h2,7H,3-6H2,1H3;2H,1H3;/q-1;;. The first-order valence-corrected chi connectivity index (χ1v) is 3.75. The van der Waals surface area contributed by atoms with Gasteiger partial charge in [0.1, 0.15) is 0 Å². The minimum atomic E-state index is 0. The summed E-state index contributed by atoms with van der Waals surface area (Å²) in [7, 11) is 1.00. The number of hydrogen-bond acceptors (Lipinski definition) is 2. The molecule has 1 N–H and O–H groups in total. The Bertz CT molecular complexity index is 63.1. The third kappa shape index (κ3) is 6.99. The van der Waals surface area contributed by atoms with Crippen molar-refractivity contribution in [3.8, 4) is 0 Å². The molecular weight excluding hydrogens is 312 g/mol. The maximum Gasteiger partial charge on any atom is 0.0444 e. The Morgan fingerprint density at radius 2 is 1.73 bits per heavy atom. The van der Waals surface area contributed by atoms with Crippen molar-refractivity contribution >= 4 is 0 Å². The van der Waals surface area contributed by atoms with Gasteiger partial charge in [0.25, 0.3) is 0 Å². The largest absolute Gasteiger partial charge is 0.400 e. The van der Waals surface area contributed by atoms with E-state index in [2.05, 4.69) is 13.3 Å². The van der Waals surface area contributed by atoms with Crippen molar-refractivity contribution in [1.29, 1.82) is 0 Å². The van der Waals surface area contributed by atoms with Crippen molar-refractivity contribution in [1.82, 2.24) is 0 Å². The average molecular weight is 329 g/mol. The van der Waals surface area contributed by atoms with Gasteiger partial charge in [0.15, 0.2) is 0 Å². The zero-order valence-corrected chi connectivity index (χ0v) is 10.2. The van der Waals surface area contributed by atoms with Gasteiger partial charge in [-0.2, -0.15) is 12.8 Å². The van der Waals surface area contributed by atoms with Crippen LogP contribution in [0.15, 0.2) is 0 Å². The van der Waals surface area contributed by atoms with E-state index in [0.717, 1.165) is 26.2 Å². The van der Waals surface area contributed by atoms with Gasteiger partial charge < -0.3 is 16.3 Å². The van der Waals surface area contributed by atoms with Crippen LogP contribution in [0.1, 0.15) is 19.8 Å². The average Bonchev–Trinajstić information content (AvgIpc) is 2.10. The molecule has 0 atom stereocenters. The molecule has 1 saturated heterocycles. The van der Waals surface area contributed by atoms with Crippen molar-refractivity contribution in [2.45, 2.75) is 19.8 Å². The van der Waals surface area contributed by atoms with E-state index in [9.17, 15) is 0 Å². The van der Waals surface area contributed by atoms with E-state index in [4.69, 9.17) is 9.84 Å². The molecule has 1 aliphatic heterocycles. The topological polar surface area (TPSA) is 29.5 Å². The van der Waals surface area contributed by atoms with Crippen LogP contribution in [0.3, 0.4) is 0 Å². The molecule has 0 bridgehead atoms. The molecule has 0 amide bonds. The molecule has 11 heavy (non-hydrogen) atoms. The molecule has 68 valence electrons. The second-order valence-corrected chi connectivity index (χ2v) is 2.28. The van der Waals surface area contributed by atoms with Crippen LogP contribution in [0.25, 0.3) is 0 Å². The molecule has 1 heterocycles. The molecule has 0 aliphatic carbocycles. The monoisotopic (exact) mass is 329 g/mol. The van der Waals surface area contributed by atoms with Gasteiger partial charge in [-0.25, -0.2) is 0 Å². The molecule has 1 fully saturated rings. The first-order chi connectivity index (χ1) is 4.93. The summed E-state index contributed by atoms with van der Waals surface area (Å²) < 4.78 is 5.18. The summed E-state index contributed by atoms with van der Waals surface area (Å²) in [6, 6.07) is 0. The van der Waals surface area contributed by atoms with E-state index < -0.39 is 0 Å². The van der Waals surface area contributed by atoms with Gasteiger partial charge in [0.2, 0.25) is 0 Å². The second kappa shape index (κ2) is 10.6. The van der Waals surface area contributed by atoms with Crippen LogP contribution in [-0.2, 0) is 25.8 Å². The summed E-state index contributed by atoms with van der Waals surface area (Å²) in [6.45, 7) is 4.07. The molecular formula is C8H17O2W-. The van der Waals surface area contributed by atoms with Crippen LogP contribution < -0.4 is 0 Å². The van der Waals surface area contributed by atoms with E-state index >= 15 is 0 Å². The summed E-state index contributed by atoms with van der Waals surface area (Å²) in [5.74, 6) is 0.837. The van der Waals surface area contributed by atoms with Crippen LogP contribution in [0.4, 0.5) is 0 Å². The molecule has 1 aliphatic rings. The maximum atomic E-state index is 7.00. The molecule has 0 aromatic rings. The quantitative estimate of drug-likeness (QED) is 0.734. The smallest absolute Gasteiger partial charge is 0.0444 e. The SMILES string of the molecule is CO.C[CH-]C1CCOCC1.[W]. The van der Waals surface area contributed by atoms with Gasteiger partial charge in [-0.1, -0.05) is 12.8 Å². The van der Waals surface area contributed by atoms with Crippen molar-refractivity contribution in [3.63, 3.8) is 0 Å². The Morgan fingerprint density at radius 3 is 2.00 bits per heavy atom. The Hall–Kier alpha value is 0.608. The van der Waals surface area contributed by atoms with E-state index in [1.807, 2.05) is 0 Å². The number of hydrogen-bond donors (Lipinski definition) is 1. The second-order valence-electron chi connectivity index (χ2n) is 2.28. The zero-order chi connectivity index (χ0) is 7.82. The normalized spacial score (nSPS) is 17.7. The minimum Gasteiger partial charge on any atom is -0.400 e. The number of rotatable bonds is 1. The third-order valence-electron chi connectivity index (χ3n) is 1.74. The molecule has 3 heteroatoms. The van der Waals surface area contributed by atoms with Gasteiger partial charge in [-0.05, 0) is 0 Å². The summed E-state index contributed by atoms with van der Waals surface area (Å²) >= 11 is 0. The number of ether oxygens (including phenoxy) is 1. The van der Waals surface area contributed by atoms with Crippen LogP contribution in [0.2, 0.25) is 0 Å². The fourth-order valence-electron chi connectivity index (χ4n) is 1.05. The third-order valence-corrected chi connectivity index (χ3v) is 1.74. The number of aliphatic hydroxyl groups excluding tert-OH is 1. The predicted molar refractivity (Wildman–Crippen MR) is 41.7 cm³/mol.